The van der Waals surface area contributed by atoms with E-state index >= 15 is 0 Å². The summed E-state index contributed by atoms with van der Waals surface area (Å²) in [5.41, 5.74) is 7.50. The highest BCUT2D eigenvalue weighted by Gasteiger charge is 2.55. The highest BCUT2D eigenvalue weighted by Crippen LogP contribution is 2.40. The average Bonchev–Trinajstić information content (AvgIpc) is 3.66. The first-order valence-corrected chi connectivity index (χ1v) is 14.4. The zero-order valence-corrected chi connectivity index (χ0v) is 23.9. The summed E-state index contributed by atoms with van der Waals surface area (Å²) in [5, 5.41) is 26.6. The Morgan fingerprint density at radius 2 is 2.12 bits per heavy atom. The van der Waals surface area contributed by atoms with Gasteiger partial charge >= 0.3 is 5.97 Å². The number of nitriles is 1. The van der Waals surface area contributed by atoms with Gasteiger partial charge in [-0.25, -0.2) is 9.36 Å². The van der Waals surface area contributed by atoms with Gasteiger partial charge in [0.25, 0.3) is 17.7 Å². The minimum Gasteiger partial charge on any atom is -0.477 e. The molecule has 0 spiro atoms. The summed E-state index contributed by atoms with van der Waals surface area (Å²) in [7, 11) is 0. The number of rotatable bonds is 10. The minimum absolute atomic E-state index is 0.0498. The van der Waals surface area contributed by atoms with Gasteiger partial charge in [0.2, 0.25) is 11.5 Å². The number of anilines is 1. The Balaban J connectivity index is 1.29. The molecule has 18 heteroatoms. The Labute approximate surface area is 251 Å². The Hall–Kier alpha value is -5.28. The summed E-state index contributed by atoms with van der Waals surface area (Å²) in [6.07, 6.45) is 6.72. The van der Waals surface area contributed by atoms with Crippen molar-refractivity contribution in [2.75, 3.05) is 18.1 Å². The number of aliphatic carboxylic acids is 1. The molecule has 43 heavy (non-hydrogen) atoms. The van der Waals surface area contributed by atoms with Crippen molar-refractivity contribution in [1.82, 2.24) is 29.9 Å². The molecule has 2 aliphatic rings. The first-order valence-electron chi connectivity index (χ1n) is 12.6. The number of aromatic amines is 1. The van der Waals surface area contributed by atoms with Crippen molar-refractivity contribution in [2.24, 2.45) is 5.16 Å². The number of aromatic nitrogens is 4. The first-order chi connectivity index (χ1) is 20.7. The van der Waals surface area contributed by atoms with E-state index in [-0.39, 0.29) is 41.2 Å². The van der Waals surface area contributed by atoms with E-state index in [1.807, 2.05) is 5.32 Å². The molecule has 0 radical (unpaired) electrons. The maximum Gasteiger partial charge on any atom is 0.352 e. The number of amides is 3. The normalized spacial score (nSPS) is 17.9. The van der Waals surface area contributed by atoms with Crippen molar-refractivity contribution in [2.45, 2.75) is 24.9 Å². The average molecular weight is 624 g/mol. The van der Waals surface area contributed by atoms with Crippen molar-refractivity contribution >= 4 is 57.8 Å². The molecule has 6 N–H and O–H groups in total. The maximum atomic E-state index is 13.1. The quantitative estimate of drug-likeness (QED) is 0.0495. The highest BCUT2D eigenvalue weighted by atomic mass is 32.2. The fourth-order valence-electron chi connectivity index (χ4n) is 4.44. The molecule has 0 saturated carbocycles. The lowest BCUT2D eigenvalue weighted by molar-refractivity contribution is -0.689. The van der Waals surface area contributed by atoms with Crippen molar-refractivity contribution in [3.63, 3.8) is 0 Å². The molecule has 2 aliphatic heterocycles. The van der Waals surface area contributed by atoms with Gasteiger partial charge in [-0.05, 0) is 18.6 Å². The van der Waals surface area contributed by atoms with Gasteiger partial charge in [0, 0.05) is 46.8 Å². The molecule has 0 bridgehead atoms. The molecule has 3 aromatic rings. The number of nitrogen functional groups attached to an aromatic ring is 1. The number of pyridine rings is 1. The SMILES string of the molecule is CCO/N=C(\C(=O)N[C@@H]1C(=O)N2C(C(=O)O)=C(C[n+]3ccc(-c4c[nH]c(C(=O)NC#N)c4)cc3)CS[C@H]12)c1nsc(N)n1. The van der Waals surface area contributed by atoms with Gasteiger partial charge in [0.05, 0.1) is 0 Å². The third-order valence-electron chi connectivity index (χ3n) is 6.38. The van der Waals surface area contributed by atoms with Gasteiger partial charge in [-0.3, -0.25) is 24.6 Å². The number of hydrogen-bond acceptors (Lipinski definition) is 12. The van der Waals surface area contributed by atoms with Crippen LogP contribution >= 0.6 is 23.3 Å². The van der Waals surface area contributed by atoms with E-state index in [2.05, 4.69) is 24.8 Å². The molecule has 220 valence electrons. The molecule has 0 unspecified atom stereocenters. The Bertz CT molecular complexity index is 1710. The molecular formula is C25H23N10O6S2+. The van der Waals surface area contributed by atoms with Crippen LogP contribution in [0.3, 0.4) is 0 Å². The zero-order chi connectivity index (χ0) is 30.7. The van der Waals surface area contributed by atoms with E-state index < -0.39 is 35.1 Å². The number of carboxylic acids is 1. The fourth-order valence-corrected chi connectivity index (χ4v) is 6.21. The predicted octanol–water partition coefficient (Wildman–Crippen LogP) is -0.207. The largest absolute Gasteiger partial charge is 0.477 e. The zero-order valence-electron chi connectivity index (χ0n) is 22.3. The standard InChI is InChI=1S/C25H22N10O6S2/c1-2-41-32-16(19-31-25(27)43-33-19)21(37)30-17-22(38)35-18(24(39)40)14(10-42-23(17)35)9-34-5-3-12(4-6-34)13-7-15(28-8-13)20(36)29-11-26/h3-8,17,23H,2,9-10H2,1H3,(H5,27,29,30,31,33,36,37,39,40)/p+1/b32-16-/t17-,23-/m1/s1. The predicted molar refractivity (Wildman–Crippen MR) is 152 cm³/mol. The van der Waals surface area contributed by atoms with Gasteiger partial charge in [0.15, 0.2) is 30.3 Å². The number of oxime groups is 1. The van der Waals surface area contributed by atoms with E-state index in [0.717, 1.165) is 22.7 Å². The van der Waals surface area contributed by atoms with Gasteiger partial charge in [-0.1, -0.05) is 5.16 Å². The number of nitrogens with one attached hydrogen (secondary N) is 3. The molecule has 1 fully saturated rings. The summed E-state index contributed by atoms with van der Waals surface area (Å²) >= 11 is 2.20. The van der Waals surface area contributed by atoms with Crippen LogP contribution in [0.1, 0.15) is 23.2 Å². The second kappa shape index (κ2) is 12.3. The lowest BCUT2D eigenvalue weighted by atomic mass is 10.0. The Morgan fingerprint density at radius 3 is 2.77 bits per heavy atom. The van der Waals surface area contributed by atoms with Crippen LogP contribution in [0.4, 0.5) is 5.13 Å². The van der Waals surface area contributed by atoms with Crippen LogP contribution in [0.5, 0.6) is 0 Å². The number of carbonyl (C=O) groups is 4. The fraction of sp³-hybridized carbons (Fsp3) is 0.240. The van der Waals surface area contributed by atoms with Crippen LogP contribution < -0.4 is 20.9 Å². The van der Waals surface area contributed by atoms with E-state index in [4.69, 9.17) is 15.8 Å². The third-order valence-corrected chi connectivity index (χ3v) is 8.27. The summed E-state index contributed by atoms with van der Waals surface area (Å²) < 4.78 is 5.75. The van der Waals surface area contributed by atoms with Crippen molar-refractivity contribution in [3.8, 4) is 17.3 Å². The number of carbonyl (C=O) groups excluding carboxylic acids is 3. The maximum absolute atomic E-state index is 13.1. The van der Waals surface area contributed by atoms with Crippen LogP contribution in [-0.4, -0.2) is 77.5 Å². The number of hydrogen-bond donors (Lipinski definition) is 5. The first kappa shape index (κ1) is 29.2. The van der Waals surface area contributed by atoms with Gasteiger partial charge in [-0.2, -0.15) is 14.6 Å². The smallest absolute Gasteiger partial charge is 0.352 e. The number of nitrogens with two attached hydrogens (primary N) is 1. The van der Waals surface area contributed by atoms with E-state index in [9.17, 15) is 24.3 Å². The molecule has 2 atom stereocenters. The van der Waals surface area contributed by atoms with Crippen LogP contribution in [-0.2, 0) is 25.8 Å². The molecule has 3 amide bonds. The second-order valence-electron chi connectivity index (χ2n) is 9.06. The molecule has 0 aliphatic carbocycles. The molecular weight excluding hydrogens is 600 g/mol. The summed E-state index contributed by atoms with van der Waals surface area (Å²) in [6.45, 7) is 2.06. The Kier molecular flexibility index (Phi) is 8.36. The van der Waals surface area contributed by atoms with Gasteiger partial charge < -0.3 is 26.0 Å². The Morgan fingerprint density at radius 1 is 1.35 bits per heavy atom. The van der Waals surface area contributed by atoms with Crippen LogP contribution in [0.15, 0.2) is 53.2 Å². The summed E-state index contributed by atoms with van der Waals surface area (Å²) in [5.74, 6) is -2.89. The van der Waals surface area contributed by atoms with Crippen LogP contribution in [0.2, 0.25) is 0 Å². The number of H-pyrrole nitrogens is 1. The molecule has 3 aromatic heterocycles. The summed E-state index contributed by atoms with van der Waals surface area (Å²) in [4.78, 5) is 63.2. The highest BCUT2D eigenvalue weighted by molar-refractivity contribution is 8.00. The number of fused-ring (bicyclic) bond motifs is 1. The van der Waals surface area contributed by atoms with Crippen molar-refractivity contribution in [3.05, 3.63) is 59.6 Å². The van der Waals surface area contributed by atoms with Crippen molar-refractivity contribution in [1.29, 1.82) is 5.26 Å². The second-order valence-corrected chi connectivity index (χ2v) is 10.9. The van der Waals surface area contributed by atoms with Crippen LogP contribution in [0.25, 0.3) is 11.1 Å². The van der Waals surface area contributed by atoms with E-state index in [1.165, 1.54) is 16.7 Å². The third kappa shape index (κ3) is 5.89. The minimum atomic E-state index is -1.26. The van der Waals surface area contributed by atoms with Crippen molar-refractivity contribution < 1.29 is 33.7 Å². The molecule has 5 heterocycles. The van der Waals surface area contributed by atoms with Gasteiger partial charge in [0.1, 0.15) is 29.4 Å². The number of thioether (sulfide) groups is 1. The molecule has 5 rings (SSSR count). The topological polar surface area (TPSA) is 233 Å². The molecule has 1 saturated heterocycles. The number of nitrogens with zero attached hydrogens (tertiary/aromatic N) is 6. The number of carboxylic acid groups (broad SMARTS) is 1. The van der Waals surface area contributed by atoms with Crippen LogP contribution in [0, 0.1) is 11.5 Å². The van der Waals surface area contributed by atoms with E-state index in [0.29, 0.717) is 11.3 Å². The molecule has 0 aromatic carbocycles. The number of β-lactam (4-membered cyclic amide) rings is 1. The monoisotopic (exact) mass is 623 g/mol. The molecule has 16 nitrogen and oxygen atoms in total. The van der Waals surface area contributed by atoms with E-state index in [1.54, 1.807) is 54.5 Å². The lowest BCUT2D eigenvalue weighted by Crippen LogP contribution is -2.71. The van der Waals surface area contributed by atoms with Gasteiger partial charge in [-0.15, -0.1) is 11.8 Å². The summed E-state index contributed by atoms with van der Waals surface area (Å²) in [6, 6.07) is 4.20. The lowest BCUT2D eigenvalue weighted by Gasteiger charge is -2.49.